The van der Waals surface area contributed by atoms with Crippen LogP contribution in [0.3, 0.4) is 0 Å². The quantitative estimate of drug-likeness (QED) is 0.529. The highest BCUT2D eigenvalue weighted by molar-refractivity contribution is 6.10. The van der Waals surface area contributed by atoms with Crippen LogP contribution in [-0.4, -0.2) is 27.0 Å². The summed E-state index contributed by atoms with van der Waals surface area (Å²) in [5, 5.41) is 0.740. The first-order valence-electron chi connectivity index (χ1n) is 7.76. The highest BCUT2D eigenvalue weighted by Gasteiger charge is 2.25. The fraction of sp³-hybridized carbons (Fsp3) is 0.105. The van der Waals surface area contributed by atoms with E-state index in [1.54, 1.807) is 18.3 Å². The average molecular weight is 333 g/mol. The number of hydrogen-bond donors (Lipinski definition) is 0. The van der Waals surface area contributed by atoms with Crippen LogP contribution in [0.25, 0.3) is 27.8 Å². The number of aromatic nitrogens is 3. The summed E-state index contributed by atoms with van der Waals surface area (Å²) in [4.78, 5) is 29.8. The number of ether oxygens (including phenoxy) is 1. The third-order valence-corrected chi connectivity index (χ3v) is 4.37. The van der Waals surface area contributed by atoms with Crippen LogP contribution in [0.4, 0.5) is 0 Å². The normalized spacial score (nSPS) is 11.1. The first kappa shape index (κ1) is 15.1. The van der Waals surface area contributed by atoms with Crippen LogP contribution in [0.2, 0.25) is 0 Å². The van der Waals surface area contributed by atoms with Gasteiger partial charge in [0.05, 0.1) is 23.9 Å². The third kappa shape index (κ3) is 2.15. The van der Waals surface area contributed by atoms with Gasteiger partial charge in [-0.3, -0.25) is 9.20 Å². The lowest BCUT2D eigenvalue weighted by atomic mass is 10.1. The molecule has 0 atom stereocenters. The minimum Gasteiger partial charge on any atom is -0.465 e. The molecule has 0 amide bonds. The van der Waals surface area contributed by atoms with Crippen molar-refractivity contribution in [2.75, 3.05) is 7.11 Å². The van der Waals surface area contributed by atoms with Crippen molar-refractivity contribution >= 4 is 22.5 Å². The molecule has 0 bridgehead atoms. The molecule has 0 radical (unpaired) electrons. The molecule has 0 spiro atoms. The highest BCUT2D eigenvalue weighted by atomic mass is 16.5. The van der Waals surface area contributed by atoms with Crippen LogP contribution in [0, 0.1) is 0 Å². The Morgan fingerprint density at radius 2 is 1.88 bits per heavy atom. The van der Waals surface area contributed by atoms with Gasteiger partial charge in [-0.25, -0.2) is 9.78 Å². The van der Waals surface area contributed by atoms with Crippen LogP contribution in [0.1, 0.15) is 10.4 Å². The summed E-state index contributed by atoms with van der Waals surface area (Å²) in [7, 11) is 3.16. The number of fused-ring (bicyclic) bond motifs is 2. The van der Waals surface area contributed by atoms with Crippen molar-refractivity contribution in [2.24, 2.45) is 7.05 Å². The molecular formula is C19H15N3O3. The van der Waals surface area contributed by atoms with Crippen molar-refractivity contribution in [3.8, 4) is 11.3 Å². The number of rotatable bonds is 2. The lowest BCUT2D eigenvalue weighted by Crippen LogP contribution is -2.18. The van der Waals surface area contributed by atoms with Gasteiger partial charge in [0.2, 0.25) is 0 Å². The van der Waals surface area contributed by atoms with Crippen molar-refractivity contribution in [3.05, 3.63) is 70.8 Å². The van der Waals surface area contributed by atoms with E-state index in [1.807, 2.05) is 41.9 Å². The van der Waals surface area contributed by atoms with E-state index < -0.39 is 5.97 Å². The van der Waals surface area contributed by atoms with Gasteiger partial charge in [-0.15, -0.1) is 0 Å². The number of methoxy groups -OCH3 is 1. The Labute approximate surface area is 142 Å². The Bertz CT molecular complexity index is 1190. The first-order valence-corrected chi connectivity index (χ1v) is 7.76. The van der Waals surface area contributed by atoms with E-state index in [-0.39, 0.29) is 5.56 Å². The molecule has 0 fully saturated rings. The third-order valence-electron chi connectivity index (χ3n) is 4.37. The van der Waals surface area contributed by atoms with Crippen molar-refractivity contribution in [3.63, 3.8) is 0 Å². The zero-order valence-corrected chi connectivity index (χ0v) is 13.8. The van der Waals surface area contributed by atoms with Gasteiger partial charge < -0.3 is 9.30 Å². The summed E-state index contributed by atoms with van der Waals surface area (Å²) < 4.78 is 8.26. The molecule has 0 N–H and O–H groups in total. The van der Waals surface area contributed by atoms with Crippen LogP contribution in [0.15, 0.2) is 59.7 Å². The average Bonchev–Trinajstić information content (AvgIpc) is 2.95. The van der Waals surface area contributed by atoms with Gasteiger partial charge in [0.25, 0.3) is 5.56 Å². The van der Waals surface area contributed by atoms with Gasteiger partial charge in [-0.2, -0.15) is 0 Å². The second-order valence-electron chi connectivity index (χ2n) is 5.70. The molecular weight excluding hydrogens is 318 g/mol. The molecule has 3 heterocycles. The zero-order chi connectivity index (χ0) is 17.6. The van der Waals surface area contributed by atoms with Gasteiger partial charge >= 0.3 is 5.97 Å². The van der Waals surface area contributed by atoms with E-state index in [0.29, 0.717) is 22.5 Å². The number of hydrogen-bond acceptors (Lipinski definition) is 4. The fourth-order valence-electron chi connectivity index (χ4n) is 3.21. The maximum absolute atomic E-state index is 13.0. The van der Waals surface area contributed by atoms with Gasteiger partial charge in [0, 0.05) is 30.3 Å². The molecule has 4 aromatic rings. The summed E-state index contributed by atoms with van der Waals surface area (Å²) >= 11 is 0. The van der Waals surface area contributed by atoms with Gasteiger partial charge in [-0.05, 0) is 18.2 Å². The molecule has 0 saturated carbocycles. The maximum atomic E-state index is 13.0. The Hall–Kier alpha value is -3.41. The molecule has 0 unspecified atom stereocenters. The topological polar surface area (TPSA) is 65.6 Å². The molecule has 0 aliphatic heterocycles. The van der Waals surface area contributed by atoms with E-state index in [9.17, 15) is 9.59 Å². The second kappa shape index (κ2) is 5.59. The van der Waals surface area contributed by atoms with E-state index in [4.69, 9.17) is 4.74 Å². The van der Waals surface area contributed by atoms with Crippen LogP contribution in [-0.2, 0) is 11.8 Å². The predicted molar refractivity (Wildman–Crippen MR) is 94.7 cm³/mol. The Morgan fingerprint density at radius 1 is 1.12 bits per heavy atom. The van der Waals surface area contributed by atoms with Crippen LogP contribution >= 0.6 is 0 Å². The standard InChI is InChI=1S/C19H15N3O3/c1-21-14-8-4-3-7-12(14)16(19(24)25-2)17(21)13-11-20-15-9-5-6-10-22(15)18(13)23/h3-11H,1-2H3. The van der Waals surface area contributed by atoms with Crippen molar-refractivity contribution in [1.82, 2.24) is 14.0 Å². The Morgan fingerprint density at radius 3 is 2.68 bits per heavy atom. The predicted octanol–water partition coefficient (Wildman–Crippen LogP) is 2.64. The van der Waals surface area contributed by atoms with Gasteiger partial charge in [0.1, 0.15) is 5.65 Å². The molecule has 0 aliphatic carbocycles. The number of carbonyl (C=O) groups excluding carboxylic acids is 1. The maximum Gasteiger partial charge on any atom is 0.340 e. The lowest BCUT2D eigenvalue weighted by molar-refractivity contribution is 0.0603. The molecule has 1 aromatic carbocycles. The molecule has 0 aliphatic rings. The van der Waals surface area contributed by atoms with Gasteiger partial charge in [-0.1, -0.05) is 24.3 Å². The minimum absolute atomic E-state index is 0.235. The second-order valence-corrected chi connectivity index (χ2v) is 5.70. The highest BCUT2D eigenvalue weighted by Crippen LogP contribution is 2.31. The van der Waals surface area contributed by atoms with Gasteiger partial charge in [0.15, 0.2) is 0 Å². The number of pyridine rings is 1. The van der Waals surface area contributed by atoms with Crippen LogP contribution in [0.5, 0.6) is 0 Å². The summed E-state index contributed by atoms with van der Waals surface area (Å²) in [6.07, 6.45) is 3.17. The monoisotopic (exact) mass is 333 g/mol. The van der Waals surface area contributed by atoms with E-state index in [1.165, 1.54) is 17.7 Å². The van der Waals surface area contributed by atoms with Crippen molar-refractivity contribution in [1.29, 1.82) is 0 Å². The molecule has 6 nitrogen and oxygen atoms in total. The molecule has 4 rings (SSSR count). The molecule has 25 heavy (non-hydrogen) atoms. The number of esters is 1. The largest absolute Gasteiger partial charge is 0.465 e. The Balaban J connectivity index is 2.15. The number of nitrogens with zero attached hydrogens (tertiary/aromatic N) is 3. The SMILES string of the molecule is COC(=O)c1c(-c2cnc3ccccn3c2=O)n(C)c2ccccc12. The van der Waals surface area contributed by atoms with Crippen molar-refractivity contribution < 1.29 is 9.53 Å². The van der Waals surface area contributed by atoms with E-state index >= 15 is 0 Å². The van der Waals surface area contributed by atoms with E-state index in [2.05, 4.69) is 4.98 Å². The number of aryl methyl sites for hydroxylation is 1. The van der Waals surface area contributed by atoms with Crippen molar-refractivity contribution in [2.45, 2.75) is 0 Å². The minimum atomic E-state index is -0.482. The molecule has 124 valence electrons. The summed E-state index contributed by atoms with van der Waals surface area (Å²) in [5.41, 5.74) is 2.38. The number of para-hydroxylation sites is 1. The summed E-state index contributed by atoms with van der Waals surface area (Å²) in [6, 6.07) is 12.8. The lowest BCUT2D eigenvalue weighted by Gasteiger charge is -2.08. The first-order chi connectivity index (χ1) is 12.1. The zero-order valence-electron chi connectivity index (χ0n) is 13.8. The molecule has 6 heteroatoms. The Kier molecular flexibility index (Phi) is 3.39. The molecule has 0 saturated heterocycles. The van der Waals surface area contributed by atoms with E-state index in [0.717, 1.165) is 10.9 Å². The summed E-state index contributed by atoms with van der Waals surface area (Å²) in [5.74, 6) is -0.482. The smallest absolute Gasteiger partial charge is 0.340 e. The fourth-order valence-corrected chi connectivity index (χ4v) is 3.21. The number of carbonyl (C=O) groups is 1. The van der Waals surface area contributed by atoms with Crippen LogP contribution < -0.4 is 5.56 Å². The molecule has 3 aromatic heterocycles. The summed E-state index contributed by atoms with van der Waals surface area (Å²) in [6.45, 7) is 0. The number of benzene rings is 1.